The molecule has 0 bridgehead atoms. The Morgan fingerprint density at radius 1 is 1.02 bits per heavy atom. The minimum absolute atomic E-state index is 0.279. The van der Waals surface area contributed by atoms with Crippen molar-refractivity contribution in [1.29, 1.82) is 0 Å². The fourth-order valence-electron chi connectivity index (χ4n) is 5.04. The number of thioether (sulfide) groups is 1. The van der Waals surface area contributed by atoms with Gasteiger partial charge in [-0.2, -0.15) is 0 Å². The number of aryl methyl sites for hydroxylation is 1. The van der Waals surface area contributed by atoms with Crippen LogP contribution in [0.2, 0.25) is 10.0 Å². The summed E-state index contributed by atoms with van der Waals surface area (Å²) in [6.45, 7) is 1.65. The van der Waals surface area contributed by atoms with Crippen LogP contribution in [0.5, 0.6) is 0 Å². The Labute approximate surface area is 246 Å². The van der Waals surface area contributed by atoms with Gasteiger partial charge in [-0.1, -0.05) is 70.1 Å². The van der Waals surface area contributed by atoms with Crippen LogP contribution in [0.15, 0.2) is 76.8 Å². The summed E-state index contributed by atoms with van der Waals surface area (Å²) >= 11 is 14.2. The van der Waals surface area contributed by atoms with Gasteiger partial charge in [0.1, 0.15) is 11.8 Å². The molecular formula is C28H20Cl2N4O4S2. The Morgan fingerprint density at radius 3 is 2.50 bits per heavy atom. The topological polar surface area (TPSA) is 101 Å². The summed E-state index contributed by atoms with van der Waals surface area (Å²) in [7, 11) is 0. The molecule has 0 spiro atoms. The number of carbonyl (C=O) groups excluding carboxylic acids is 3. The van der Waals surface area contributed by atoms with Gasteiger partial charge in [0.25, 0.3) is 0 Å². The van der Waals surface area contributed by atoms with E-state index in [1.165, 1.54) is 15.5 Å². The third-order valence-corrected chi connectivity index (χ3v) is 10.2. The maximum atomic E-state index is 13.9. The Hall–Kier alpha value is -3.44. The number of anilines is 2. The van der Waals surface area contributed by atoms with Crippen LogP contribution in [0.25, 0.3) is 0 Å². The number of thiazole rings is 1. The zero-order valence-electron chi connectivity index (χ0n) is 20.8. The molecule has 1 N–H and O–H groups in total. The van der Waals surface area contributed by atoms with E-state index in [1.807, 2.05) is 25.1 Å². The SMILES string of the molecule is Cc1ccc(N2C(=O)[C@H]3[C@H](c4cccnc4)c4sc(=O)n(CC(=O)Nc5ccc(Cl)c(Cl)c5)c4S[C@H]3C2=O)cc1. The highest BCUT2D eigenvalue weighted by atomic mass is 35.5. The molecule has 40 heavy (non-hydrogen) atoms. The minimum Gasteiger partial charge on any atom is -0.324 e. The molecule has 202 valence electrons. The summed E-state index contributed by atoms with van der Waals surface area (Å²) in [4.78, 5) is 59.6. The first-order valence-electron chi connectivity index (χ1n) is 12.2. The normalized spacial score (nSPS) is 19.9. The van der Waals surface area contributed by atoms with E-state index in [0.29, 0.717) is 26.3 Å². The van der Waals surface area contributed by atoms with Crippen LogP contribution in [0.4, 0.5) is 11.4 Å². The molecular weight excluding hydrogens is 591 g/mol. The number of hydrogen-bond donors (Lipinski definition) is 1. The molecule has 12 heteroatoms. The number of pyridine rings is 1. The summed E-state index contributed by atoms with van der Waals surface area (Å²) in [5.74, 6) is -2.42. The predicted octanol–water partition coefficient (Wildman–Crippen LogP) is 5.35. The third kappa shape index (κ3) is 4.64. The summed E-state index contributed by atoms with van der Waals surface area (Å²) in [5, 5.41) is 3.10. The maximum Gasteiger partial charge on any atom is 0.308 e. The van der Waals surface area contributed by atoms with Crippen molar-refractivity contribution in [3.8, 4) is 0 Å². The van der Waals surface area contributed by atoms with Gasteiger partial charge in [-0.15, -0.1) is 0 Å². The Kier molecular flexibility index (Phi) is 7.03. The highest BCUT2D eigenvalue weighted by Crippen LogP contribution is 2.53. The van der Waals surface area contributed by atoms with E-state index in [-0.39, 0.29) is 28.3 Å². The molecule has 3 amide bonds. The molecule has 0 saturated carbocycles. The second-order valence-electron chi connectivity index (χ2n) is 9.48. The molecule has 6 rings (SSSR count). The number of imide groups is 1. The molecule has 2 aromatic heterocycles. The van der Waals surface area contributed by atoms with Gasteiger partial charge in [-0.3, -0.25) is 28.7 Å². The van der Waals surface area contributed by atoms with Crippen LogP contribution >= 0.6 is 46.3 Å². The fourth-order valence-corrected chi connectivity index (χ4v) is 8.11. The second kappa shape index (κ2) is 10.5. The number of aromatic nitrogens is 2. The Bertz CT molecular complexity index is 1720. The van der Waals surface area contributed by atoms with Gasteiger partial charge in [-0.05, 0) is 48.9 Å². The first kappa shape index (κ1) is 26.8. The lowest BCUT2D eigenvalue weighted by Crippen LogP contribution is -2.33. The molecule has 0 radical (unpaired) electrons. The molecule has 0 unspecified atom stereocenters. The van der Waals surface area contributed by atoms with Crippen LogP contribution in [0.1, 0.15) is 21.9 Å². The third-order valence-electron chi connectivity index (χ3n) is 6.89. The van der Waals surface area contributed by atoms with Gasteiger partial charge >= 0.3 is 4.87 Å². The molecule has 1 saturated heterocycles. The van der Waals surface area contributed by atoms with Crippen molar-refractivity contribution in [2.45, 2.75) is 29.7 Å². The highest BCUT2D eigenvalue weighted by Gasteiger charge is 2.56. The standard InChI is InChI=1S/C28H20Cl2N4O4S2/c1-14-4-7-17(8-5-14)34-25(36)22-21(15-3-2-10-31-12-15)24-27(39-23(22)26(34)37)33(28(38)40-24)13-20(35)32-16-6-9-18(29)19(30)11-16/h2-12,21-23H,13H2,1H3,(H,32,35)/t21-,22-,23+/m0/s1. The number of rotatable bonds is 5. The number of carbonyl (C=O) groups is 3. The van der Waals surface area contributed by atoms with Crippen molar-refractivity contribution in [2.24, 2.45) is 5.92 Å². The average molecular weight is 612 g/mol. The highest BCUT2D eigenvalue weighted by molar-refractivity contribution is 8.00. The zero-order valence-corrected chi connectivity index (χ0v) is 24.0. The molecule has 0 aliphatic carbocycles. The lowest BCUT2D eigenvalue weighted by atomic mass is 9.84. The summed E-state index contributed by atoms with van der Waals surface area (Å²) in [5.41, 5.74) is 2.66. The molecule has 2 aliphatic heterocycles. The molecule has 4 heterocycles. The molecule has 8 nitrogen and oxygen atoms in total. The zero-order chi connectivity index (χ0) is 28.1. The number of nitrogens with zero attached hydrogens (tertiary/aromatic N) is 3. The first-order chi connectivity index (χ1) is 19.2. The smallest absolute Gasteiger partial charge is 0.308 e. The fraction of sp³-hybridized carbons (Fsp3) is 0.179. The van der Waals surface area contributed by atoms with E-state index in [2.05, 4.69) is 10.3 Å². The van der Waals surface area contributed by atoms with E-state index in [4.69, 9.17) is 23.2 Å². The van der Waals surface area contributed by atoms with Crippen molar-refractivity contribution in [2.75, 3.05) is 10.2 Å². The van der Waals surface area contributed by atoms with Crippen molar-refractivity contribution in [3.63, 3.8) is 0 Å². The number of halogens is 2. The van der Waals surface area contributed by atoms with Crippen molar-refractivity contribution in [3.05, 3.63) is 103 Å². The van der Waals surface area contributed by atoms with Crippen LogP contribution < -0.4 is 15.1 Å². The number of amides is 3. The van der Waals surface area contributed by atoms with Crippen molar-refractivity contribution >= 4 is 75.4 Å². The van der Waals surface area contributed by atoms with E-state index in [1.54, 1.807) is 42.7 Å². The molecule has 2 aromatic carbocycles. The second-order valence-corrected chi connectivity index (χ2v) is 12.4. The number of fused-ring (bicyclic) bond motifs is 2. The van der Waals surface area contributed by atoms with Gasteiger partial charge in [0.2, 0.25) is 17.7 Å². The van der Waals surface area contributed by atoms with Crippen LogP contribution in [-0.2, 0) is 20.9 Å². The Morgan fingerprint density at radius 2 is 1.80 bits per heavy atom. The maximum absolute atomic E-state index is 13.9. The summed E-state index contributed by atoms with van der Waals surface area (Å²) in [6, 6.07) is 15.5. The number of nitrogens with one attached hydrogen (secondary N) is 1. The van der Waals surface area contributed by atoms with Crippen LogP contribution in [0.3, 0.4) is 0 Å². The predicted molar refractivity (Wildman–Crippen MR) is 157 cm³/mol. The van der Waals surface area contributed by atoms with Gasteiger partial charge in [-0.25, -0.2) is 4.90 Å². The Balaban J connectivity index is 1.39. The number of hydrogen-bond acceptors (Lipinski definition) is 7. The quantitative estimate of drug-likeness (QED) is 0.305. The van der Waals surface area contributed by atoms with Crippen molar-refractivity contribution < 1.29 is 14.4 Å². The van der Waals surface area contributed by atoms with Gasteiger partial charge < -0.3 is 5.32 Å². The van der Waals surface area contributed by atoms with E-state index >= 15 is 0 Å². The first-order valence-corrected chi connectivity index (χ1v) is 14.7. The average Bonchev–Trinajstić information content (AvgIpc) is 3.38. The lowest BCUT2D eigenvalue weighted by Gasteiger charge is -2.30. The van der Waals surface area contributed by atoms with Crippen molar-refractivity contribution in [1.82, 2.24) is 9.55 Å². The molecule has 2 aliphatic rings. The lowest BCUT2D eigenvalue weighted by molar-refractivity contribution is -0.122. The van der Waals surface area contributed by atoms with Crippen LogP contribution in [-0.4, -0.2) is 32.5 Å². The van der Waals surface area contributed by atoms with E-state index < -0.39 is 23.0 Å². The van der Waals surface area contributed by atoms with Crippen LogP contribution in [0, 0.1) is 12.8 Å². The van der Waals surface area contributed by atoms with Gasteiger partial charge in [0, 0.05) is 28.9 Å². The van der Waals surface area contributed by atoms with Gasteiger partial charge in [0.05, 0.1) is 26.7 Å². The summed E-state index contributed by atoms with van der Waals surface area (Å²) < 4.78 is 1.36. The minimum atomic E-state index is -0.773. The van der Waals surface area contributed by atoms with E-state index in [9.17, 15) is 19.2 Å². The monoisotopic (exact) mass is 610 g/mol. The summed E-state index contributed by atoms with van der Waals surface area (Å²) in [6.07, 6.45) is 3.28. The number of benzene rings is 2. The van der Waals surface area contributed by atoms with Gasteiger partial charge in [0.15, 0.2) is 0 Å². The molecule has 1 fully saturated rings. The molecule has 4 aromatic rings. The molecule has 3 atom stereocenters. The largest absolute Gasteiger partial charge is 0.324 e. The van der Waals surface area contributed by atoms with E-state index in [0.717, 1.165) is 34.2 Å².